The Labute approximate surface area is 262 Å². The van der Waals surface area contributed by atoms with Crippen molar-refractivity contribution in [2.75, 3.05) is 4.90 Å². The predicted octanol–water partition coefficient (Wildman–Crippen LogP) is 9.23. The number of halogens is 1. The van der Waals surface area contributed by atoms with E-state index in [1.807, 2.05) is 48.5 Å². The van der Waals surface area contributed by atoms with Gasteiger partial charge in [0.1, 0.15) is 11.5 Å². The lowest BCUT2D eigenvalue weighted by Gasteiger charge is -2.47. The molecule has 4 nitrogen and oxygen atoms in total. The predicted molar refractivity (Wildman–Crippen MR) is 174 cm³/mol. The number of carbonyl (C=O) groups excluding carboxylic acids is 2. The van der Waals surface area contributed by atoms with Crippen LogP contribution in [0.1, 0.15) is 86.8 Å². The normalized spacial score (nSPS) is 22.3. The molecule has 2 bridgehead atoms. The Morgan fingerprint density at radius 2 is 1.00 bits per heavy atom. The first-order chi connectivity index (χ1) is 20.3. The highest BCUT2D eigenvalue weighted by Gasteiger charge is 2.62. The number of anilines is 1. The van der Waals surface area contributed by atoms with Crippen LogP contribution in [0.2, 0.25) is 0 Å². The number of hydrogen-bond donors (Lipinski definition) is 0. The van der Waals surface area contributed by atoms with Crippen LogP contribution >= 0.6 is 15.9 Å². The van der Waals surface area contributed by atoms with Crippen LogP contribution in [0.5, 0.6) is 11.5 Å². The lowest BCUT2D eigenvalue weighted by Crippen LogP contribution is -2.42. The molecular formula is C38H36BrNO3. The lowest BCUT2D eigenvalue weighted by atomic mass is 9.54. The monoisotopic (exact) mass is 633 g/mol. The number of hydrogen-bond acceptors (Lipinski definition) is 3. The maximum atomic E-state index is 14.3. The van der Waals surface area contributed by atoms with Crippen LogP contribution in [0, 0.1) is 11.8 Å². The average Bonchev–Trinajstić information content (AvgIpc) is 3.23. The van der Waals surface area contributed by atoms with Crippen molar-refractivity contribution in [3.8, 4) is 11.5 Å². The van der Waals surface area contributed by atoms with E-state index in [4.69, 9.17) is 4.74 Å². The summed E-state index contributed by atoms with van der Waals surface area (Å²) in [6, 6.07) is 28.4. The number of ether oxygens (including phenoxy) is 1. The fraction of sp³-hybridized carbons (Fsp3) is 0.316. The van der Waals surface area contributed by atoms with Crippen LogP contribution in [0.3, 0.4) is 0 Å². The molecule has 4 aromatic rings. The summed E-state index contributed by atoms with van der Waals surface area (Å²) in [5.41, 5.74) is 7.84. The van der Waals surface area contributed by atoms with E-state index in [0.717, 1.165) is 4.47 Å². The van der Waals surface area contributed by atoms with Gasteiger partial charge >= 0.3 is 0 Å². The maximum absolute atomic E-state index is 14.3. The zero-order valence-electron chi connectivity index (χ0n) is 25.4. The molecule has 4 aromatic carbocycles. The number of carbonyl (C=O) groups is 2. The SMILES string of the molecule is CC(C)(C)c1ccc2c(c1)[C@@H]1c3ccc(C(C)(C)C)cc3[C@H]2[C@H]2C(=O)N(c3ccc(Oc4ccc(Br)cc4)cc3)C(=O)[C@H]12. The van der Waals surface area contributed by atoms with Crippen LogP contribution in [-0.4, -0.2) is 11.8 Å². The Kier molecular flexibility index (Phi) is 6.31. The van der Waals surface area contributed by atoms with Crippen molar-refractivity contribution in [2.45, 2.75) is 64.2 Å². The zero-order chi connectivity index (χ0) is 30.4. The van der Waals surface area contributed by atoms with E-state index in [-0.39, 0.29) is 34.5 Å². The molecule has 43 heavy (non-hydrogen) atoms. The maximum Gasteiger partial charge on any atom is 0.238 e. The van der Waals surface area contributed by atoms with Gasteiger partial charge in [0.2, 0.25) is 11.8 Å². The van der Waals surface area contributed by atoms with E-state index in [9.17, 15) is 9.59 Å². The van der Waals surface area contributed by atoms with Crippen LogP contribution in [0.15, 0.2) is 89.4 Å². The van der Waals surface area contributed by atoms with Gasteiger partial charge in [0, 0.05) is 16.3 Å². The third-order valence-corrected chi connectivity index (χ3v) is 10.0. The standard InChI is InChI=1S/C38H36BrNO3/c1-37(2,3)21-7-17-27-29(19-21)31-28-18-8-22(38(4,5)6)20-30(28)32(27)34-33(31)35(41)40(36(34)42)24-11-15-26(16-12-24)43-25-13-9-23(39)10-14-25/h7-20,31-34H,1-6H3/t31-,32-,33+,34+/m0/s1. The molecule has 4 atom stereocenters. The zero-order valence-corrected chi connectivity index (χ0v) is 27.0. The highest BCUT2D eigenvalue weighted by Crippen LogP contribution is 2.62. The summed E-state index contributed by atoms with van der Waals surface area (Å²) in [5.74, 6) is -0.0132. The first-order valence-electron chi connectivity index (χ1n) is 15.0. The molecule has 1 saturated heterocycles. The minimum atomic E-state index is -0.424. The molecule has 0 saturated carbocycles. The van der Waals surface area contributed by atoms with Crippen LogP contribution < -0.4 is 9.64 Å². The minimum absolute atomic E-state index is 0.0222. The van der Waals surface area contributed by atoms with E-state index in [1.165, 1.54) is 38.3 Å². The second kappa shape index (κ2) is 9.65. The van der Waals surface area contributed by atoms with E-state index in [1.54, 1.807) is 0 Å². The molecule has 0 radical (unpaired) electrons. The highest BCUT2D eigenvalue weighted by atomic mass is 79.9. The molecule has 8 rings (SSSR count). The fourth-order valence-electron chi connectivity index (χ4n) is 7.27. The smallest absolute Gasteiger partial charge is 0.238 e. The number of rotatable bonds is 3. The summed E-state index contributed by atoms with van der Waals surface area (Å²) in [6.45, 7) is 13.3. The molecular weight excluding hydrogens is 598 g/mol. The van der Waals surface area contributed by atoms with E-state index >= 15 is 0 Å². The van der Waals surface area contributed by atoms with Gasteiger partial charge in [-0.25, -0.2) is 4.90 Å². The molecule has 218 valence electrons. The molecule has 1 aliphatic heterocycles. The number of benzene rings is 4. The summed E-state index contributed by atoms with van der Waals surface area (Å²) in [6.07, 6.45) is 0. The summed E-state index contributed by atoms with van der Waals surface area (Å²) in [7, 11) is 0. The second-order valence-corrected chi connectivity index (χ2v) is 15.2. The fourth-order valence-corrected chi connectivity index (χ4v) is 7.53. The molecule has 0 spiro atoms. The lowest BCUT2D eigenvalue weighted by molar-refractivity contribution is -0.122. The van der Waals surface area contributed by atoms with E-state index < -0.39 is 11.8 Å². The number of amides is 2. The molecule has 0 N–H and O–H groups in total. The van der Waals surface area contributed by atoms with Gasteiger partial charge in [0.15, 0.2) is 0 Å². The molecule has 4 aliphatic rings. The molecule has 2 amide bonds. The Balaban J connectivity index is 1.30. The quantitative estimate of drug-likeness (QED) is 0.211. The van der Waals surface area contributed by atoms with Crippen LogP contribution in [0.25, 0.3) is 0 Å². The minimum Gasteiger partial charge on any atom is -0.457 e. The summed E-state index contributed by atoms with van der Waals surface area (Å²) in [5, 5.41) is 0. The van der Waals surface area contributed by atoms with Crippen molar-refractivity contribution in [3.63, 3.8) is 0 Å². The van der Waals surface area contributed by atoms with Gasteiger partial charge in [-0.15, -0.1) is 0 Å². The number of imide groups is 1. The Morgan fingerprint density at radius 1 is 0.581 bits per heavy atom. The summed E-state index contributed by atoms with van der Waals surface area (Å²) < 4.78 is 6.97. The van der Waals surface area contributed by atoms with Gasteiger partial charge in [-0.1, -0.05) is 93.9 Å². The van der Waals surface area contributed by atoms with E-state index in [0.29, 0.717) is 17.2 Å². The number of nitrogens with zero attached hydrogens (tertiary/aromatic N) is 1. The van der Waals surface area contributed by atoms with Crippen molar-refractivity contribution in [3.05, 3.63) is 123 Å². The summed E-state index contributed by atoms with van der Waals surface area (Å²) in [4.78, 5) is 30.1. The molecule has 3 aliphatic carbocycles. The molecule has 1 fully saturated rings. The Hall–Kier alpha value is -3.70. The van der Waals surface area contributed by atoms with Gasteiger partial charge in [-0.3, -0.25) is 9.59 Å². The van der Waals surface area contributed by atoms with Gasteiger partial charge in [0.25, 0.3) is 0 Å². The first kappa shape index (κ1) is 28.1. The van der Waals surface area contributed by atoms with Gasteiger partial charge in [-0.2, -0.15) is 0 Å². The first-order valence-corrected chi connectivity index (χ1v) is 15.8. The topological polar surface area (TPSA) is 46.6 Å². The van der Waals surface area contributed by atoms with Crippen LogP contribution in [-0.2, 0) is 20.4 Å². The van der Waals surface area contributed by atoms with Crippen molar-refractivity contribution < 1.29 is 14.3 Å². The molecule has 0 aromatic heterocycles. The third-order valence-electron chi connectivity index (χ3n) is 9.51. The Morgan fingerprint density at radius 3 is 1.42 bits per heavy atom. The van der Waals surface area contributed by atoms with Crippen molar-refractivity contribution in [1.82, 2.24) is 0 Å². The van der Waals surface area contributed by atoms with Crippen molar-refractivity contribution in [1.29, 1.82) is 0 Å². The second-order valence-electron chi connectivity index (χ2n) is 14.3. The molecule has 0 unspecified atom stereocenters. The third kappa shape index (κ3) is 4.47. The van der Waals surface area contributed by atoms with Gasteiger partial charge in [-0.05, 0) is 92.7 Å². The van der Waals surface area contributed by atoms with Crippen LogP contribution in [0.4, 0.5) is 5.69 Å². The van der Waals surface area contributed by atoms with Crippen molar-refractivity contribution >= 4 is 33.4 Å². The van der Waals surface area contributed by atoms with Crippen molar-refractivity contribution in [2.24, 2.45) is 11.8 Å². The largest absolute Gasteiger partial charge is 0.457 e. The Bertz CT molecular complexity index is 1690. The molecule has 5 heteroatoms. The van der Waals surface area contributed by atoms with Gasteiger partial charge < -0.3 is 4.74 Å². The average molecular weight is 635 g/mol. The highest BCUT2D eigenvalue weighted by molar-refractivity contribution is 9.10. The van der Waals surface area contributed by atoms with E-state index in [2.05, 4.69) is 93.9 Å². The van der Waals surface area contributed by atoms with Gasteiger partial charge in [0.05, 0.1) is 17.5 Å². The molecule has 1 heterocycles. The summed E-state index contributed by atoms with van der Waals surface area (Å²) >= 11 is 3.45.